The van der Waals surface area contributed by atoms with Crippen molar-refractivity contribution < 1.29 is 46.5 Å². The molecule has 0 unspecified atom stereocenters. The van der Waals surface area contributed by atoms with Gasteiger partial charge in [-0.3, -0.25) is 19.1 Å². The normalized spacial score (nSPS) is 29.6. The van der Waals surface area contributed by atoms with Gasteiger partial charge in [-0.25, -0.2) is 18.2 Å². The van der Waals surface area contributed by atoms with E-state index in [-0.39, 0.29) is 31.4 Å². The van der Waals surface area contributed by atoms with Gasteiger partial charge in [0.05, 0.1) is 38.1 Å². The van der Waals surface area contributed by atoms with Crippen LogP contribution in [0.4, 0.5) is 4.79 Å². The number of alkyl carbamates (subject to hydrolysis) is 1. The molecule has 1 aromatic heterocycles. The molecule has 3 N–H and O–H groups in total. The number of ether oxygens (including phenoxy) is 4. The van der Waals surface area contributed by atoms with E-state index in [0.29, 0.717) is 73.2 Å². The second-order valence-corrected chi connectivity index (χ2v) is 18.0. The number of nitrogens with zero attached hydrogens (tertiary/aromatic N) is 2. The van der Waals surface area contributed by atoms with Crippen LogP contribution in [-0.4, -0.2) is 98.5 Å². The van der Waals surface area contributed by atoms with Gasteiger partial charge < -0.3 is 34.5 Å². The first kappa shape index (κ1) is 38.9. The van der Waals surface area contributed by atoms with Gasteiger partial charge in [-0.15, -0.1) is 0 Å². The van der Waals surface area contributed by atoms with Crippen molar-refractivity contribution in [1.82, 2.24) is 25.2 Å². The SMILES string of the molecule is COc1cc2c3cc(c(OC)cc3n1)CCC[C@@H](C)COC(=O)N[C@H]1CCCCCCC[C@@H]3C[C@@]3(C(=O)NS(=O)(=O)C3CC3)NC(=O)[C@@H]3C[C@H](CN3C1=O)O2. The third kappa shape index (κ3) is 8.58. The van der Waals surface area contributed by atoms with E-state index in [0.717, 1.165) is 44.1 Å². The average Bonchev–Trinajstić information content (AvgIpc) is 4.09. The van der Waals surface area contributed by atoms with E-state index in [1.165, 1.54) is 12.0 Å². The van der Waals surface area contributed by atoms with Gasteiger partial charge in [0.25, 0.3) is 5.91 Å². The summed E-state index contributed by atoms with van der Waals surface area (Å²) in [6.45, 7) is 2.18. The summed E-state index contributed by atoms with van der Waals surface area (Å²) in [5.41, 5.74) is 0.118. The highest BCUT2D eigenvalue weighted by Crippen LogP contribution is 2.48. The van der Waals surface area contributed by atoms with E-state index < -0.39 is 62.8 Å². The van der Waals surface area contributed by atoms with Gasteiger partial charge in [-0.2, -0.15) is 0 Å². The molecule has 5 aliphatic rings. The monoisotopic (exact) mass is 783 g/mol. The molecule has 55 heavy (non-hydrogen) atoms. The molecule has 7 rings (SSSR count). The average molecular weight is 784 g/mol. The summed E-state index contributed by atoms with van der Waals surface area (Å²) in [6, 6.07) is 3.47. The number of rotatable bonds is 5. The molecule has 0 spiro atoms. The Balaban J connectivity index is 1.25. The van der Waals surface area contributed by atoms with Crippen LogP contribution in [0.2, 0.25) is 0 Å². The molecular formula is C39H53N5O10S. The molecule has 5 bridgehead atoms. The van der Waals surface area contributed by atoms with Crippen LogP contribution < -0.4 is 29.6 Å². The lowest BCUT2D eigenvalue weighted by Gasteiger charge is -2.30. The number of methoxy groups -OCH3 is 2. The van der Waals surface area contributed by atoms with Crippen molar-refractivity contribution in [2.75, 3.05) is 27.4 Å². The summed E-state index contributed by atoms with van der Waals surface area (Å²) in [5.74, 6) is -0.537. The van der Waals surface area contributed by atoms with Crippen LogP contribution in [-0.2, 0) is 35.6 Å². The second-order valence-electron chi connectivity index (χ2n) is 16.0. The molecule has 3 aliphatic heterocycles. The minimum Gasteiger partial charge on any atom is -0.496 e. The van der Waals surface area contributed by atoms with Crippen molar-refractivity contribution >= 4 is 44.7 Å². The number of benzene rings is 1. The number of fused-ring (bicyclic) bond motifs is 4. The van der Waals surface area contributed by atoms with Crippen LogP contribution in [0.25, 0.3) is 10.9 Å². The number of hydrogen-bond acceptors (Lipinski definition) is 11. The van der Waals surface area contributed by atoms with Gasteiger partial charge in [-0.05, 0) is 74.8 Å². The topological polar surface area (TPSA) is 192 Å². The van der Waals surface area contributed by atoms with Gasteiger partial charge in [0.15, 0.2) is 0 Å². The summed E-state index contributed by atoms with van der Waals surface area (Å²) in [4.78, 5) is 62.1. The lowest BCUT2D eigenvalue weighted by Crippen LogP contribution is -2.58. The van der Waals surface area contributed by atoms with Gasteiger partial charge in [0.2, 0.25) is 27.7 Å². The zero-order chi connectivity index (χ0) is 38.9. The Kier molecular flexibility index (Phi) is 11.3. The molecule has 300 valence electrons. The van der Waals surface area contributed by atoms with Crippen LogP contribution in [0.3, 0.4) is 0 Å². The molecule has 2 saturated carbocycles. The van der Waals surface area contributed by atoms with Crippen LogP contribution in [0.1, 0.15) is 96.0 Å². The van der Waals surface area contributed by atoms with E-state index in [9.17, 15) is 27.6 Å². The number of cyclic esters (lactones) is 1. The number of pyridine rings is 1. The summed E-state index contributed by atoms with van der Waals surface area (Å²) in [5, 5.41) is 5.86. The quantitative estimate of drug-likeness (QED) is 0.399. The van der Waals surface area contributed by atoms with E-state index in [4.69, 9.17) is 18.9 Å². The number of aromatic nitrogens is 1. The molecular weight excluding hydrogens is 731 g/mol. The standard InChI is InChI=1S/C39H53N5O10S/c1-23-10-9-11-24-16-28-30(18-32(24)51-2)40-34(52-3)19-33(28)54-26-17-31-35(45)42-39(37(47)43-55(49,50)27-14-15-27)20-25(39)12-7-5-4-6-8-13-29(36(46)44(31)21-26)41-38(48)53-22-23/h16,18-19,23,25-27,29,31H,4-15,17,20-22H2,1-3H3,(H,41,48)(H,42,45)(H,43,47)/t23-,25-,26-,29+,31+,39-/m1/s1. The number of nitrogens with one attached hydrogen (secondary N) is 3. The molecule has 15 nitrogen and oxygen atoms in total. The van der Waals surface area contributed by atoms with E-state index >= 15 is 0 Å². The molecule has 2 aromatic rings. The fourth-order valence-corrected chi connectivity index (χ4v) is 9.76. The minimum absolute atomic E-state index is 0.00894. The summed E-state index contributed by atoms with van der Waals surface area (Å²) in [7, 11) is -0.755. The van der Waals surface area contributed by atoms with E-state index in [2.05, 4.69) is 20.3 Å². The highest BCUT2D eigenvalue weighted by Gasteiger charge is 2.62. The highest BCUT2D eigenvalue weighted by molar-refractivity contribution is 7.91. The number of sulfonamides is 1. The summed E-state index contributed by atoms with van der Waals surface area (Å²) < 4.78 is 51.6. The van der Waals surface area contributed by atoms with Crippen LogP contribution >= 0.6 is 0 Å². The molecule has 1 aromatic carbocycles. The van der Waals surface area contributed by atoms with Crippen molar-refractivity contribution in [2.45, 2.75) is 126 Å². The third-order valence-electron chi connectivity index (χ3n) is 11.8. The first-order valence-corrected chi connectivity index (χ1v) is 21.3. The maximum atomic E-state index is 14.6. The summed E-state index contributed by atoms with van der Waals surface area (Å²) in [6.07, 6.45) is 7.30. The third-order valence-corrected chi connectivity index (χ3v) is 13.7. The maximum Gasteiger partial charge on any atom is 0.407 e. The number of amides is 4. The largest absolute Gasteiger partial charge is 0.496 e. The van der Waals surface area contributed by atoms with E-state index in [1.54, 1.807) is 13.2 Å². The molecule has 4 heterocycles. The van der Waals surface area contributed by atoms with Crippen molar-refractivity contribution in [3.8, 4) is 17.4 Å². The number of aryl methyl sites for hydroxylation is 1. The Bertz CT molecular complexity index is 1920. The Morgan fingerprint density at radius 3 is 2.49 bits per heavy atom. The Morgan fingerprint density at radius 1 is 0.982 bits per heavy atom. The first-order valence-electron chi connectivity index (χ1n) is 19.7. The first-order chi connectivity index (χ1) is 26.4. The molecule has 0 radical (unpaired) electrons. The number of hydrogen-bond donors (Lipinski definition) is 3. The van der Waals surface area contributed by atoms with Gasteiger partial charge in [0.1, 0.15) is 35.2 Å². The molecule has 4 fully saturated rings. The zero-order valence-electron chi connectivity index (χ0n) is 31.9. The fraction of sp³-hybridized carbons (Fsp3) is 0.667. The lowest BCUT2D eigenvalue weighted by molar-refractivity contribution is -0.141. The maximum absolute atomic E-state index is 14.6. The van der Waals surface area contributed by atoms with Crippen molar-refractivity contribution in [3.63, 3.8) is 0 Å². The predicted octanol–water partition coefficient (Wildman–Crippen LogP) is 3.90. The molecule has 2 saturated heterocycles. The Hall–Kier alpha value is -4.34. The Morgan fingerprint density at radius 2 is 1.75 bits per heavy atom. The minimum atomic E-state index is -3.87. The van der Waals surface area contributed by atoms with Crippen LogP contribution in [0, 0.1) is 11.8 Å². The van der Waals surface area contributed by atoms with Crippen molar-refractivity contribution in [2.24, 2.45) is 11.8 Å². The number of carbonyl (C=O) groups excluding carboxylic acids is 4. The molecule has 2 aliphatic carbocycles. The van der Waals surface area contributed by atoms with Gasteiger partial charge in [-0.1, -0.05) is 39.0 Å². The second kappa shape index (κ2) is 16.0. The fourth-order valence-electron chi connectivity index (χ4n) is 8.39. The highest BCUT2D eigenvalue weighted by atomic mass is 32.2. The molecule has 4 amide bonds. The Labute approximate surface area is 322 Å². The summed E-state index contributed by atoms with van der Waals surface area (Å²) >= 11 is 0. The number of carbonyl (C=O) groups is 4. The van der Waals surface area contributed by atoms with Gasteiger partial charge >= 0.3 is 6.09 Å². The predicted molar refractivity (Wildman–Crippen MR) is 201 cm³/mol. The van der Waals surface area contributed by atoms with Crippen LogP contribution in [0.5, 0.6) is 17.4 Å². The van der Waals surface area contributed by atoms with Gasteiger partial charge in [0, 0.05) is 23.9 Å². The zero-order valence-corrected chi connectivity index (χ0v) is 32.7. The molecule has 6 atom stereocenters. The van der Waals surface area contributed by atoms with Crippen LogP contribution in [0.15, 0.2) is 18.2 Å². The van der Waals surface area contributed by atoms with Crippen molar-refractivity contribution in [3.05, 3.63) is 23.8 Å². The smallest absolute Gasteiger partial charge is 0.407 e. The van der Waals surface area contributed by atoms with Crippen molar-refractivity contribution in [1.29, 1.82) is 0 Å². The lowest BCUT2D eigenvalue weighted by atomic mass is 9.99. The van der Waals surface area contributed by atoms with E-state index in [1.807, 2.05) is 19.1 Å². The molecule has 16 heteroatoms.